The average Bonchev–Trinajstić information content (AvgIpc) is 3.38. The van der Waals surface area contributed by atoms with Gasteiger partial charge in [0.15, 0.2) is 0 Å². The molecule has 1 aliphatic heterocycles. The zero-order valence-electron chi connectivity index (χ0n) is 18.4. The molecule has 1 unspecified atom stereocenters. The first kappa shape index (κ1) is 22.2. The van der Waals surface area contributed by atoms with Crippen LogP contribution in [0.1, 0.15) is 63.9 Å². The van der Waals surface area contributed by atoms with Crippen molar-refractivity contribution in [3.05, 3.63) is 42.5 Å². The molecule has 30 heavy (non-hydrogen) atoms. The van der Waals surface area contributed by atoms with Crippen LogP contribution in [0.25, 0.3) is 0 Å². The Labute approximate surface area is 180 Å². The molecular formula is C24H35N3O3. The van der Waals surface area contributed by atoms with Crippen LogP contribution in [0, 0.1) is 0 Å². The van der Waals surface area contributed by atoms with E-state index in [4.69, 9.17) is 9.47 Å². The molecule has 0 amide bonds. The highest BCUT2D eigenvalue weighted by atomic mass is 16.5. The van der Waals surface area contributed by atoms with Crippen LogP contribution in [0.4, 0.5) is 5.69 Å². The number of esters is 1. The number of carbonyl (C=O) groups is 1. The number of nitrogens with zero attached hydrogens (tertiary/aromatic N) is 3. The zero-order valence-corrected chi connectivity index (χ0v) is 18.4. The minimum absolute atomic E-state index is 0.132. The fraction of sp³-hybridized carbons (Fsp3) is 0.583. The Morgan fingerprint density at radius 2 is 2.10 bits per heavy atom. The number of carbonyl (C=O) groups excluding carboxylic acids is 1. The third-order valence-corrected chi connectivity index (χ3v) is 5.67. The van der Waals surface area contributed by atoms with Gasteiger partial charge in [0.2, 0.25) is 0 Å². The lowest BCUT2D eigenvalue weighted by atomic mass is 9.97. The van der Waals surface area contributed by atoms with Gasteiger partial charge in [-0.2, -0.15) is 0 Å². The van der Waals surface area contributed by atoms with Crippen LogP contribution < -0.4 is 9.64 Å². The number of anilines is 1. The summed E-state index contributed by atoms with van der Waals surface area (Å²) in [7, 11) is 0. The number of imidazole rings is 1. The normalized spacial score (nSPS) is 15.3. The molecule has 0 saturated carbocycles. The third-order valence-electron chi connectivity index (χ3n) is 5.67. The highest BCUT2D eigenvalue weighted by Gasteiger charge is 2.29. The molecule has 0 saturated heterocycles. The molecule has 1 aliphatic rings. The van der Waals surface area contributed by atoms with Crippen LogP contribution >= 0.6 is 0 Å². The largest absolute Gasteiger partial charge is 0.494 e. The van der Waals surface area contributed by atoms with Crippen molar-refractivity contribution < 1.29 is 14.3 Å². The van der Waals surface area contributed by atoms with E-state index in [1.165, 1.54) is 30.5 Å². The quantitative estimate of drug-likeness (QED) is 0.349. The summed E-state index contributed by atoms with van der Waals surface area (Å²) < 4.78 is 13.3. The predicted molar refractivity (Wildman–Crippen MR) is 119 cm³/mol. The van der Waals surface area contributed by atoms with Crippen molar-refractivity contribution in [2.45, 2.75) is 64.8 Å². The van der Waals surface area contributed by atoms with Crippen LogP contribution in [0.15, 0.2) is 36.9 Å². The molecule has 1 aromatic carbocycles. The first-order valence-corrected chi connectivity index (χ1v) is 11.3. The molecule has 0 spiro atoms. The van der Waals surface area contributed by atoms with Crippen molar-refractivity contribution >= 4 is 11.7 Å². The number of hydrogen-bond acceptors (Lipinski definition) is 5. The molecule has 0 bridgehead atoms. The summed E-state index contributed by atoms with van der Waals surface area (Å²) in [5, 5.41) is 0. The summed E-state index contributed by atoms with van der Waals surface area (Å²) in [5.41, 5.74) is 2.54. The van der Waals surface area contributed by atoms with E-state index in [2.05, 4.69) is 39.6 Å². The van der Waals surface area contributed by atoms with Gasteiger partial charge in [0.05, 0.1) is 26.0 Å². The maximum Gasteiger partial charge on any atom is 0.307 e. The lowest BCUT2D eigenvalue weighted by molar-refractivity contribution is -0.142. The smallest absolute Gasteiger partial charge is 0.307 e. The monoisotopic (exact) mass is 413 g/mol. The summed E-state index contributed by atoms with van der Waals surface area (Å²) in [6.45, 7) is 7.80. The van der Waals surface area contributed by atoms with E-state index >= 15 is 0 Å². The molecule has 0 radical (unpaired) electrons. The molecule has 6 nitrogen and oxygen atoms in total. The van der Waals surface area contributed by atoms with Gasteiger partial charge in [-0.05, 0) is 43.5 Å². The van der Waals surface area contributed by atoms with Crippen LogP contribution in [-0.4, -0.2) is 41.8 Å². The zero-order chi connectivity index (χ0) is 21.2. The standard InChI is InChI=1S/C24H35N3O3/c1-3-5-6-7-16-30-21-8-9-23-22(17-21)20(10-13-26-15-12-25-19-26)18-27(23)14-11-24(28)29-4-2/h8-9,12,15,17,19-20H,3-7,10-11,13-14,16,18H2,1-2H3. The van der Waals surface area contributed by atoms with Gasteiger partial charge in [-0.15, -0.1) is 0 Å². The van der Waals surface area contributed by atoms with Crippen LogP contribution in [0.3, 0.4) is 0 Å². The molecular weight excluding hydrogens is 378 g/mol. The minimum atomic E-state index is -0.132. The minimum Gasteiger partial charge on any atom is -0.494 e. The SMILES string of the molecule is CCCCCCOc1ccc2c(c1)C(CCn1ccnc1)CN2CCC(=O)OCC. The summed E-state index contributed by atoms with van der Waals surface area (Å²) in [5.74, 6) is 1.23. The average molecular weight is 414 g/mol. The third kappa shape index (κ3) is 6.25. The molecule has 0 aliphatic carbocycles. The van der Waals surface area contributed by atoms with E-state index in [0.717, 1.165) is 38.3 Å². The fourth-order valence-electron chi connectivity index (χ4n) is 4.06. The number of benzene rings is 1. The van der Waals surface area contributed by atoms with Crippen molar-refractivity contribution in [3.63, 3.8) is 0 Å². The van der Waals surface area contributed by atoms with Gasteiger partial charge in [-0.25, -0.2) is 4.98 Å². The van der Waals surface area contributed by atoms with Gasteiger partial charge in [0.1, 0.15) is 5.75 Å². The number of rotatable bonds is 13. The Hall–Kier alpha value is -2.50. The van der Waals surface area contributed by atoms with E-state index < -0.39 is 0 Å². The highest BCUT2D eigenvalue weighted by Crippen LogP contribution is 2.40. The van der Waals surface area contributed by atoms with Crippen LogP contribution in [0.2, 0.25) is 0 Å². The first-order valence-electron chi connectivity index (χ1n) is 11.3. The summed E-state index contributed by atoms with van der Waals surface area (Å²) in [6, 6.07) is 6.42. The Morgan fingerprint density at radius 3 is 2.87 bits per heavy atom. The second-order valence-corrected chi connectivity index (χ2v) is 7.92. The number of aryl methyl sites for hydroxylation is 1. The van der Waals surface area contributed by atoms with Gasteiger partial charge < -0.3 is 18.9 Å². The maximum absolute atomic E-state index is 11.8. The number of unbranched alkanes of at least 4 members (excludes halogenated alkanes) is 3. The molecule has 1 atom stereocenters. The van der Waals surface area contributed by atoms with Crippen molar-refractivity contribution in [2.75, 3.05) is 31.2 Å². The number of fused-ring (bicyclic) bond motifs is 1. The molecule has 2 heterocycles. The summed E-state index contributed by atoms with van der Waals surface area (Å²) in [4.78, 5) is 18.3. The van der Waals surface area contributed by atoms with Crippen LogP contribution in [0.5, 0.6) is 5.75 Å². The van der Waals surface area contributed by atoms with Crippen molar-refractivity contribution in [2.24, 2.45) is 0 Å². The first-order chi connectivity index (χ1) is 14.7. The molecule has 2 aromatic rings. The Bertz CT molecular complexity index is 776. The summed E-state index contributed by atoms with van der Waals surface area (Å²) >= 11 is 0. The van der Waals surface area contributed by atoms with Gasteiger partial charge in [-0.1, -0.05) is 26.2 Å². The van der Waals surface area contributed by atoms with Gasteiger partial charge >= 0.3 is 5.97 Å². The van der Waals surface area contributed by atoms with Crippen LogP contribution in [-0.2, 0) is 16.1 Å². The molecule has 1 aromatic heterocycles. The molecule has 6 heteroatoms. The molecule has 0 fully saturated rings. The van der Waals surface area contributed by atoms with Gasteiger partial charge in [-0.3, -0.25) is 4.79 Å². The van der Waals surface area contributed by atoms with E-state index in [9.17, 15) is 4.79 Å². The van der Waals surface area contributed by atoms with Crippen molar-refractivity contribution in [3.8, 4) is 5.75 Å². The van der Waals surface area contributed by atoms with Gasteiger partial charge in [0.25, 0.3) is 0 Å². The lowest BCUT2D eigenvalue weighted by Gasteiger charge is -2.19. The second kappa shape index (κ2) is 11.6. The maximum atomic E-state index is 11.8. The fourth-order valence-corrected chi connectivity index (χ4v) is 4.06. The number of aromatic nitrogens is 2. The van der Waals surface area contributed by atoms with E-state index in [1.54, 1.807) is 0 Å². The topological polar surface area (TPSA) is 56.6 Å². The van der Waals surface area contributed by atoms with Crippen molar-refractivity contribution in [1.29, 1.82) is 0 Å². The number of ether oxygens (including phenoxy) is 2. The molecule has 164 valence electrons. The summed E-state index contributed by atoms with van der Waals surface area (Å²) in [6.07, 6.45) is 11.9. The van der Waals surface area contributed by atoms with E-state index in [0.29, 0.717) is 25.5 Å². The predicted octanol–water partition coefficient (Wildman–Crippen LogP) is 4.79. The second-order valence-electron chi connectivity index (χ2n) is 7.92. The lowest BCUT2D eigenvalue weighted by Crippen LogP contribution is -2.25. The Kier molecular flexibility index (Phi) is 8.60. The van der Waals surface area contributed by atoms with Gasteiger partial charge in [0, 0.05) is 43.6 Å². The Morgan fingerprint density at radius 1 is 1.20 bits per heavy atom. The number of hydrogen-bond donors (Lipinski definition) is 0. The van der Waals surface area contributed by atoms with E-state index in [-0.39, 0.29) is 5.97 Å². The molecule has 0 N–H and O–H groups in total. The van der Waals surface area contributed by atoms with Crippen molar-refractivity contribution in [1.82, 2.24) is 9.55 Å². The molecule has 3 rings (SSSR count). The van der Waals surface area contributed by atoms with E-state index in [1.807, 2.05) is 25.6 Å². The highest BCUT2D eigenvalue weighted by molar-refractivity contribution is 5.71. The Balaban J connectivity index is 1.65.